The van der Waals surface area contributed by atoms with Crippen LogP contribution in [0.3, 0.4) is 0 Å². The van der Waals surface area contributed by atoms with E-state index in [0.29, 0.717) is 23.8 Å². The lowest BCUT2D eigenvalue weighted by atomic mass is 10.2. The maximum atomic E-state index is 12.4. The van der Waals surface area contributed by atoms with E-state index in [2.05, 4.69) is 15.5 Å². The van der Waals surface area contributed by atoms with E-state index in [4.69, 9.17) is 4.74 Å². The number of fused-ring (bicyclic) bond motifs is 2. The number of nitrogens with zero attached hydrogens (tertiary/aromatic N) is 4. The van der Waals surface area contributed by atoms with Crippen molar-refractivity contribution in [1.82, 2.24) is 19.9 Å². The standard InChI is InChI=1S/C19H19N5O3/c1-13(19-22-21-16-8-4-5-10-24(16)19)20-17(25)9-11-23-14-6-2-3-7-15(14)27-12-18(23)26/h2-8,10,13H,9,11-12H2,1H3,(H,20,25). The molecule has 1 aliphatic heterocycles. The highest BCUT2D eigenvalue weighted by molar-refractivity contribution is 5.98. The number of nitrogens with one attached hydrogen (secondary N) is 1. The van der Waals surface area contributed by atoms with Gasteiger partial charge < -0.3 is 15.0 Å². The van der Waals surface area contributed by atoms with Crippen LogP contribution >= 0.6 is 0 Å². The first-order valence-corrected chi connectivity index (χ1v) is 8.74. The second-order valence-corrected chi connectivity index (χ2v) is 6.33. The fourth-order valence-corrected chi connectivity index (χ4v) is 3.15. The second kappa shape index (κ2) is 7.06. The van der Waals surface area contributed by atoms with Gasteiger partial charge in [0.15, 0.2) is 18.1 Å². The first-order valence-electron chi connectivity index (χ1n) is 8.74. The summed E-state index contributed by atoms with van der Waals surface area (Å²) in [5.41, 5.74) is 1.42. The van der Waals surface area contributed by atoms with Crippen LogP contribution in [-0.4, -0.2) is 39.6 Å². The molecule has 2 aromatic heterocycles. The lowest BCUT2D eigenvalue weighted by Gasteiger charge is -2.29. The molecule has 2 amide bonds. The smallest absolute Gasteiger partial charge is 0.265 e. The molecule has 0 bridgehead atoms. The molecule has 1 unspecified atom stereocenters. The van der Waals surface area contributed by atoms with Crippen LogP contribution in [0, 0.1) is 0 Å². The zero-order chi connectivity index (χ0) is 18.8. The third-order valence-electron chi connectivity index (χ3n) is 4.48. The summed E-state index contributed by atoms with van der Waals surface area (Å²) in [7, 11) is 0. The number of hydrogen-bond donors (Lipinski definition) is 1. The Bertz CT molecular complexity index is 1000. The van der Waals surface area contributed by atoms with Crippen LogP contribution in [-0.2, 0) is 9.59 Å². The number of ether oxygens (including phenoxy) is 1. The third kappa shape index (κ3) is 3.33. The molecule has 0 saturated heterocycles. The normalized spacial score (nSPS) is 14.6. The van der Waals surface area contributed by atoms with E-state index in [1.807, 2.05) is 60.0 Å². The molecule has 0 radical (unpaired) electrons. The molecule has 0 fully saturated rings. The molecule has 0 spiro atoms. The molecule has 0 aliphatic carbocycles. The highest BCUT2D eigenvalue weighted by Crippen LogP contribution is 2.31. The Kier molecular flexibility index (Phi) is 4.45. The zero-order valence-corrected chi connectivity index (χ0v) is 14.8. The summed E-state index contributed by atoms with van der Waals surface area (Å²) in [6.07, 6.45) is 2.04. The molecule has 3 aromatic rings. The van der Waals surface area contributed by atoms with E-state index < -0.39 is 0 Å². The van der Waals surface area contributed by atoms with E-state index in [1.54, 1.807) is 4.90 Å². The van der Waals surface area contributed by atoms with Crippen LogP contribution in [0.4, 0.5) is 5.69 Å². The molecular weight excluding hydrogens is 346 g/mol. The topological polar surface area (TPSA) is 88.8 Å². The van der Waals surface area contributed by atoms with E-state index in [1.165, 1.54) is 0 Å². The number of aromatic nitrogens is 3. The number of para-hydroxylation sites is 2. The van der Waals surface area contributed by atoms with Crippen molar-refractivity contribution in [3.05, 3.63) is 54.5 Å². The Balaban J connectivity index is 1.41. The summed E-state index contributed by atoms with van der Waals surface area (Å²) in [4.78, 5) is 26.2. The molecule has 1 aliphatic rings. The van der Waals surface area contributed by atoms with E-state index in [9.17, 15) is 9.59 Å². The molecular formula is C19H19N5O3. The van der Waals surface area contributed by atoms with Gasteiger partial charge in [-0.05, 0) is 31.2 Å². The van der Waals surface area contributed by atoms with Gasteiger partial charge in [0.25, 0.3) is 5.91 Å². The number of hydrogen-bond acceptors (Lipinski definition) is 5. The van der Waals surface area contributed by atoms with Gasteiger partial charge in [0.1, 0.15) is 5.75 Å². The maximum absolute atomic E-state index is 12.4. The van der Waals surface area contributed by atoms with Gasteiger partial charge in [0.2, 0.25) is 5.91 Å². The minimum atomic E-state index is -0.303. The number of carbonyl (C=O) groups is 2. The quantitative estimate of drug-likeness (QED) is 0.744. The Hall–Kier alpha value is -3.42. The van der Waals surface area contributed by atoms with Gasteiger partial charge in [-0.2, -0.15) is 0 Å². The highest BCUT2D eigenvalue weighted by Gasteiger charge is 2.25. The average molecular weight is 365 g/mol. The van der Waals surface area contributed by atoms with Gasteiger partial charge in [-0.1, -0.05) is 18.2 Å². The second-order valence-electron chi connectivity index (χ2n) is 6.33. The van der Waals surface area contributed by atoms with Crippen LogP contribution in [0.2, 0.25) is 0 Å². The fourth-order valence-electron chi connectivity index (χ4n) is 3.15. The van der Waals surface area contributed by atoms with E-state index in [0.717, 1.165) is 5.65 Å². The van der Waals surface area contributed by atoms with Gasteiger partial charge in [-0.15, -0.1) is 10.2 Å². The van der Waals surface area contributed by atoms with Crippen LogP contribution in [0.25, 0.3) is 5.65 Å². The van der Waals surface area contributed by atoms with Crippen molar-refractivity contribution in [2.45, 2.75) is 19.4 Å². The van der Waals surface area contributed by atoms with Crippen LogP contribution in [0.1, 0.15) is 25.2 Å². The van der Waals surface area contributed by atoms with Crippen molar-refractivity contribution in [1.29, 1.82) is 0 Å². The number of anilines is 1. The first kappa shape index (κ1) is 17.0. The molecule has 8 nitrogen and oxygen atoms in total. The number of amides is 2. The van der Waals surface area contributed by atoms with Crippen molar-refractivity contribution >= 4 is 23.1 Å². The highest BCUT2D eigenvalue weighted by atomic mass is 16.5. The number of carbonyl (C=O) groups excluding carboxylic acids is 2. The summed E-state index contributed by atoms with van der Waals surface area (Å²) in [6, 6.07) is 12.6. The Morgan fingerprint density at radius 3 is 2.93 bits per heavy atom. The molecule has 3 heterocycles. The van der Waals surface area contributed by atoms with Crippen molar-refractivity contribution in [3.8, 4) is 5.75 Å². The lowest BCUT2D eigenvalue weighted by molar-refractivity contribution is -0.122. The summed E-state index contributed by atoms with van der Waals surface area (Å²) in [5.74, 6) is 0.998. The molecule has 1 N–H and O–H groups in total. The zero-order valence-electron chi connectivity index (χ0n) is 14.8. The van der Waals surface area contributed by atoms with Crippen LogP contribution < -0.4 is 15.0 Å². The molecule has 4 rings (SSSR count). The minimum absolute atomic E-state index is 0.0131. The van der Waals surface area contributed by atoms with Crippen molar-refractivity contribution in [2.75, 3.05) is 18.1 Å². The van der Waals surface area contributed by atoms with Crippen molar-refractivity contribution in [2.24, 2.45) is 0 Å². The van der Waals surface area contributed by atoms with Crippen molar-refractivity contribution in [3.63, 3.8) is 0 Å². The minimum Gasteiger partial charge on any atom is -0.482 e. The predicted octanol–water partition coefficient (Wildman–Crippen LogP) is 1.72. The summed E-state index contributed by atoms with van der Waals surface area (Å²) in [5, 5.41) is 11.2. The summed E-state index contributed by atoms with van der Waals surface area (Å²) in [6.45, 7) is 2.13. The molecule has 8 heteroatoms. The van der Waals surface area contributed by atoms with Gasteiger partial charge in [0, 0.05) is 19.2 Å². The monoisotopic (exact) mass is 365 g/mol. The predicted molar refractivity (Wildman–Crippen MR) is 98.5 cm³/mol. The van der Waals surface area contributed by atoms with E-state index >= 15 is 0 Å². The van der Waals surface area contributed by atoms with Crippen molar-refractivity contribution < 1.29 is 14.3 Å². The average Bonchev–Trinajstić information content (AvgIpc) is 3.11. The Labute approximate surface area is 155 Å². The largest absolute Gasteiger partial charge is 0.482 e. The molecule has 0 saturated carbocycles. The summed E-state index contributed by atoms with van der Waals surface area (Å²) >= 11 is 0. The molecule has 27 heavy (non-hydrogen) atoms. The van der Waals surface area contributed by atoms with Gasteiger partial charge in [-0.3, -0.25) is 14.0 Å². The van der Waals surface area contributed by atoms with E-state index in [-0.39, 0.29) is 30.9 Å². The Morgan fingerprint density at radius 2 is 2.04 bits per heavy atom. The van der Waals surface area contributed by atoms with Crippen LogP contribution in [0.5, 0.6) is 5.75 Å². The van der Waals surface area contributed by atoms with Gasteiger partial charge in [-0.25, -0.2) is 0 Å². The Morgan fingerprint density at radius 1 is 1.22 bits per heavy atom. The molecule has 1 atom stereocenters. The van der Waals surface area contributed by atoms with Crippen LogP contribution in [0.15, 0.2) is 48.7 Å². The number of benzene rings is 1. The maximum Gasteiger partial charge on any atom is 0.265 e. The number of rotatable bonds is 5. The van der Waals surface area contributed by atoms with Gasteiger partial charge >= 0.3 is 0 Å². The number of pyridine rings is 1. The lowest BCUT2D eigenvalue weighted by Crippen LogP contribution is -2.41. The first-order chi connectivity index (χ1) is 13.1. The summed E-state index contributed by atoms with van der Waals surface area (Å²) < 4.78 is 7.26. The van der Waals surface area contributed by atoms with Gasteiger partial charge in [0.05, 0.1) is 11.7 Å². The SMILES string of the molecule is CC(NC(=O)CCN1C(=O)COc2ccccc21)c1nnc2ccccn12. The molecule has 138 valence electrons. The molecule has 1 aromatic carbocycles. The fraction of sp³-hybridized carbons (Fsp3) is 0.263. The third-order valence-corrected chi connectivity index (χ3v) is 4.48.